The summed E-state index contributed by atoms with van der Waals surface area (Å²) in [5.74, 6) is -0.584. The molecule has 0 aliphatic heterocycles. The summed E-state index contributed by atoms with van der Waals surface area (Å²) in [4.78, 5) is 19.6. The summed E-state index contributed by atoms with van der Waals surface area (Å²) < 4.78 is 83.4. The van der Waals surface area contributed by atoms with E-state index in [1.165, 1.54) is 22.1 Å². The van der Waals surface area contributed by atoms with Crippen LogP contribution in [-0.4, -0.2) is 38.9 Å². The maximum Gasteiger partial charge on any atom is 0.416 e. The van der Waals surface area contributed by atoms with Gasteiger partial charge in [-0.2, -0.15) is 26.3 Å². The fraction of sp³-hybridized carbons (Fsp3) is 0.531. The van der Waals surface area contributed by atoms with E-state index < -0.39 is 29.4 Å². The van der Waals surface area contributed by atoms with Crippen molar-refractivity contribution in [3.63, 3.8) is 0 Å². The number of hydrogen-bond acceptors (Lipinski definition) is 5. The third-order valence-corrected chi connectivity index (χ3v) is 8.94. The lowest BCUT2D eigenvalue weighted by Crippen LogP contribution is -2.34. The molecule has 1 saturated carbocycles. The van der Waals surface area contributed by atoms with E-state index >= 15 is 0 Å². The van der Waals surface area contributed by atoms with Gasteiger partial charge in [-0.25, -0.2) is 4.98 Å². The van der Waals surface area contributed by atoms with Gasteiger partial charge in [0.25, 0.3) is 0 Å². The molecular formula is C32H38ClF6N5O2. The van der Waals surface area contributed by atoms with Crippen LogP contribution in [0.2, 0.25) is 0 Å². The molecule has 5 rings (SSSR count). The van der Waals surface area contributed by atoms with Gasteiger partial charge >= 0.3 is 18.3 Å². The molecule has 0 radical (unpaired) electrons. The molecule has 252 valence electrons. The number of hydrogen-bond donors (Lipinski definition) is 1. The van der Waals surface area contributed by atoms with Crippen LogP contribution in [0.1, 0.15) is 72.4 Å². The minimum atomic E-state index is -4.96. The van der Waals surface area contributed by atoms with Gasteiger partial charge in [0, 0.05) is 38.9 Å². The quantitative estimate of drug-likeness (QED) is 0.223. The van der Waals surface area contributed by atoms with Crippen molar-refractivity contribution < 1.29 is 36.2 Å². The third-order valence-electron chi connectivity index (χ3n) is 8.94. The molecule has 2 aliphatic carbocycles. The van der Waals surface area contributed by atoms with Crippen LogP contribution >= 0.6 is 12.4 Å². The summed E-state index contributed by atoms with van der Waals surface area (Å²) in [7, 11) is 1.64. The Labute approximate surface area is 270 Å². The van der Waals surface area contributed by atoms with E-state index in [1.54, 1.807) is 11.9 Å². The van der Waals surface area contributed by atoms with Crippen LogP contribution in [0.3, 0.4) is 0 Å². The molecule has 1 aromatic heterocycles. The second-order valence-electron chi connectivity index (χ2n) is 12.2. The van der Waals surface area contributed by atoms with Gasteiger partial charge < -0.3 is 14.9 Å². The molecule has 7 nitrogen and oxygen atoms in total. The van der Waals surface area contributed by atoms with E-state index in [2.05, 4.69) is 27.1 Å². The van der Waals surface area contributed by atoms with Crippen molar-refractivity contribution in [2.45, 2.75) is 77.3 Å². The summed E-state index contributed by atoms with van der Waals surface area (Å²) in [5.41, 5.74) is 1.36. The van der Waals surface area contributed by atoms with E-state index in [-0.39, 0.29) is 49.0 Å². The first kappa shape index (κ1) is 35.4. The lowest BCUT2D eigenvalue weighted by molar-refractivity contribution is -0.144. The highest BCUT2D eigenvalue weighted by molar-refractivity contribution is 5.85. The summed E-state index contributed by atoms with van der Waals surface area (Å²) in [6, 6.07) is 5.90. The van der Waals surface area contributed by atoms with Crippen molar-refractivity contribution in [2.75, 3.05) is 22.9 Å². The Balaban J connectivity index is 0.00000480. The number of benzene rings is 2. The predicted octanol–water partition coefficient (Wildman–Crippen LogP) is 7.69. The number of aryl methyl sites for hydroxylation is 3. The van der Waals surface area contributed by atoms with Crippen molar-refractivity contribution in [1.29, 1.82) is 0 Å². The van der Waals surface area contributed by atoms with E-state index in [0.29, 0.717) is 25.3 Å². The molecule has 46 heavy (non-hydrogen) atoms. The molecule has 0 saturated heterocycles. The molecule has 0 amide bonds. The van der Waals surface area contributed by atoms with Crippen LogP contribution in [-0.2, 0) is 50.1 Å². The largest absolute Gasteiger partial charge is 0.481 e. The van der Waals surface area contributed by atoms with Crippen molar-refractivity contribution >= 4 is 30.0 Å². The fourth-order valence-electron chi connectivity index (χ4n) is 6.59. The molecule has 0 atom stereocenters. The number of nitrogens with zero attached hydrogens (tertiary/aromatic N) is 5. The number of aromatic nitrogens is 3. The van der Waals surface area contributed by atoms with Crippen molar-refractivity contribution in [1.82, 2.24) is 14.8 Å². The molecule has 0 bridgehead atoms. The Morgan fingerprint density at radius 1 is 0.913 bits per heavy atom. The molecule has 1 fully saturated rings. The number of anilines is 2. The van der Waals surface area contributed by atoms with E-state index in [4.69, 9.17) is 0 Å². The summed E-state index contributed by atoms with van der Waals surface area (Å²) in [6.07, 6.45) is -2.80. The summed E-state index contributed by atoms with van der Waals surface area (Å²) in [5, 5.41) is 13.8. The highest BCUT2D eigenvalue weighted by atomic mass is 35.5. The number of alkyl halides is 6. The average molecular weight is 674 g/mol. The zero-order valence-corrected chi connectivity index (χ0v) is 26.5. The Hall–Kier alpha value is -3.48. The molecular weight excluding hydrogens is 636 g/mol. The number of fused-ring (bicyclic) bond motifs is 1. The molecule has 1 heterocycles. The standard InChI is InChI=1S/C32H37F6N5O2.ClH/c1-3-42(16-20-7-9-22(10-8-20)29(44)45)28-14-24-6-4-5-23(24)13-25(28)18-43(30-39-19-41(2)40-30)17-21-11-26(31(33,34)35)15-27(12-21)32(36,37)38;/h11-15,19-20,22H,3-10,16-18H2,1-2H3,(H,44,45);1H. The van der Waals surface area contributed by atoms with Gasteiger partial charge in [-0.3, -0.25) is 9.48 Å². The number of rotatable bonds is 10. The van der Waals surface area contributed by atoms with Gasteiger partial charge in [-0.15, -0.1) is 17.5 Å². The second-order valence-corrected chi connectivity index (χ2v) is 12.2. The number of halogens is 7. The van der Waals surface area contributed by atoms with Crippen LogP contribution in [0.5, 0.6) is 0 Å². The van der Waals surface area contributed by atoms with Crippen LogP contribution < -0.4 is 9.80 Å². The summed E-state index contributed by atoms with van der Waals surface area (Å²) >= 11 is 0. The van der Waals surface area contributed by atoms with E-state index in [0.717, 1.165) is 62.0 Å². The average Bonchev–Trinajstić information content (AvgIpc) is 3.63. The fourth-order valence-corrected chi connectivity index (χ4v) is 6.59. The van der Waals surface area contributed by atoms with Gasteiger partial charge in [0.15, 0.2) is 0 Å². The number of carbonyl (C=O) groups is 1. The molecule has 0 spiro atoms. The Bertz CT molecular complexity index is 1490. The van der Waals surface area contributed by atoms with Crippen LogP contribution in [0.4, 0.5) is 38.0 Å². The monoisotopic (exact) mass is 673 g/mol. The molecule has 14 heteroatoms. The van der Waals surface area contributed by atoms with Crippen molar-refractivity contribution in [3.8, 4) is 0 Å². The van der Waals surface area contributed by atoms with E-state index in [9.17, 15) is 36.2 Å². The zero-order chi connectivity index (χ0) is 32.5. The van der Waals surface area contributed by atoms with Crippen molar-refractivity contribution in [2.24, 2.45) is 18.9 Å². The number of carboxylic acid groups (broad SMARTS) is 1. The number of carboxylic acids is 1. The minimum absolute atomic E-state index is 0. The van der Waals surface area contributed by atoms with Gasteiger partial charge in [-0.1, -0.05) is 6.07 Å². The maximum absolute atomic E-state index is 13.7. The molecule has 2 aliphatic rings. The Morgan fingerprint density at radius 3 is 2.04 bits per heavy atom. The first-order chi connectivity index (χ1) is 21.2. The third kappa shape index (κ3) is 8.26. The van der Waals surface area contributed by atoms with Gasteiger partial charge in [0.2, 0.25) is 5.95 Å². The lowest BCUT2D eigenvalue weighted by Gasteiger charge is -2.34. The maximum atomic E-state index is 13.7. The molecule has 2 aromatic carbocycles. The summed E-state index contributed by atoms with van der Waals surface area (Å²) in [6.45, 7) is 3.32. The molecule has 0 unspecified atom stereocenters. The van der Waals surface area contributed by atoms with Crippen LogP contribution in [0, 0.1) is 11.8 Å². The second kappa shape index (κ2) is 14.1. The number of aliphatic carboxylic acids is 1. The SMILES string of the molecule is CCN(CC1CCC(C(=O)O)CC1)c1cc2c(cc1CN(Cc1cc(C(F)(F)F)cc(C(F)(F)F)c1)c1ncn(C)n1)CCC2.Cl. The predicted molar refractivity (Wildman–Crippen MR) is 164 cm³/mol. The van der Waals surface area contributed by atoms with Crippen LogP contribution in [0.15, 0.2) is 36.7 Å². The lowest BCUT2D eigenvalue weighted by atomic mass is 9.81. The van der Waals surface area contributed by atoms with Gasteiger partial charge in [0.1, 0.15) is 6.33 Å². The topological polar surface area (TPSA) is 74.5 Å². The molecule has 1 N–H and O–H groups in total. The van der Waals surface area contributed by atoms with Crippen molar-refractivity contribution in [3.05, 3.63) is 70.0 Å². The minimum Gasteiger partial charge on any atom is -0.481 e. The highest BCUT2D eigenvalue weighted by Crippen LogP contribution is 2.38. The first-order valence-electron chi connectivity index (χ1n) is 15.2. The zero-order valence-electron chi connectivity index (χ0n) is 25.7. The van der Waals surface area contributed by atoms with Gasteiger partial charge in [0.05, 0.1) is 17.0 Å². The Morgan fingerprint density at radius 2 is 1.52 bits per heavy atom. The normalized spacial score (nSPS) is 18.2. The van der Waals surface area contributed by atoms with Crippen LogP contribution in [0.25, 0.3) is 0 Å². The van der Waals surface area contributed by atoms with Gasteiger partial charge in [-0.05, 0) is 104 Å². The first-order valence-corrected chi connectivity index (χ1v) is 15.2. The van der Waals surface area contributed by atoms with E-state index in [1.807, 2.05) is 6.92 Å². The Kier molecular flexibility index (Phi) is 10.8. The smallest absolute Gasteiger partial charge is 0.416 e. The molecule has 3 aromatic rings. The highest BCUT2D eigenvalue weighted by Gasteiger charge is 2.37.